The van der Waals surface area contributed by atoms with Crippen LogP contribution >= 0.6 is 0 Å². The van der Waals surface area contributed by atoms with Crippen LogP contribution in [0, 0.1) is 0 Å². The lowest BCUT2D eigenvalue weighted by atomic mass is 9.92. The number of hydrogen-bond acceptors (Lipinski definition) is 4. The molecule has 0 N–H and O–H groups in total. The zero-order valence-electron chi connectivity index (χ0n) is 15.3. The Morgan fingerprint density at radius 1 is 0.929 bits per heavy atom. The molecule has 5 heteroatoms. The summed E-state index contributed by atoms with van der Waals surface area (Å²) in [6.07, 6.45) is 5.12. The van der Waals surface area contributed by atoms with Crippen molar-refractivity contribution in [1.29, 1.82) is 0 Å². The van der Waals surface area contributed by atoms with Crippen molar-refractivity contribution in [2.24, 2.45) is 0 Å². The summed E-state index contributed by atoms with van der Waals surface area (Å²) in [7, 11) is 0. The van der Waals surface area contributed by atoms with Gasteiger partial charge in [-0.2, -0.15) is 0 Å². The van der Waals surface area contributed by atoms with E-state index in [1.807, 2.05) is 19.1 Å². The molecule has 0 radical (unpaired) electrons. The average molecular weight is 370 g/mol. The number of imide groups is 1. The Bertz CT molecular complexity index is 1060. The molecule has 3 aromatic rings. The number of pyridine rings is 1. The number of carbonyl (C=O) groups is 2. The first-order chi connectivity index (χ1) is 13.7. The molecule has 2 heterocycles. The fourth-order valence-corrected chi connectivity index (χ4v) is 3.21. The predicted molar refractivity (Wildman–Crippen MR) is 108 cm³/mol. The number of carbonyl (C=O) groups excluding carboxylic acids is 2. The molecule has 0 aliphatic carbocycles. The monoisotopic (exact) mass is 370 g/mol. The number of anilines is 1. The largest absolute Gasteiger partial charge is 0.494 e. The highest BCUT2D eigenvalue weighted by molar-refractivity contribution is 6.43. The highest BCUT2D eigenvalue weighted by atomic mass is 16.5. The van der Waals surface area contributed by atoms with E-state index in [4.69, 9.17) is 4.74 Å². The second kappa shape index (κ2) is 7.48. The zero-order valence-corrected chi connectivity index (χ0v) is 15.3. The second-order valence-electron chi connectivity index (χ2n) is 6.26. The van der Waals surface area contributed by atoms with Gasteiger partial charge in [0, 0.05) is 23.5 Å². The average Bonchev–Trinajstić information content (AvgIpc) is 2.73. The van der Waals surface area contributed by atoms with Crippen molar-refractivity contribution in [3.05, 3.63) is 89.7 Å². The van der Waals surface area contributed by atoms with Crippen molar-refractivity contribution in [3.63, 3.8) is 0 Å². The molecule has 28 heavy (non-hydrogen) atoms. The number of benzene rings is 2. The molecule has 1 aliphatic heterocycles. The van der Waals surface area contributed by atoms with Gasteiger partial charge in [0.25, 0.3) is 11.8 Å². The Morgan fingerprint density at radius 2 is 1.68 bits per heavy atom. The van der Waals surface area contributed by atoms with Crippen LogP contribution in [0.15, 0.2) is 73.1 Å². The summed E-state index contributed by atoms with van der Waals surface area (Å²) in [5.41, 5.74) is 2.87. The zero-order chi connectivity index (χ0) is 19.5. The number of aromatic nitrogens is 1. The summed E-state index contributed by atoms with van der Waals surface area (Å²) in [6, 6.07) is 17.8. The summed E-state index contributed by atoms with van der Waals surface area (Å²) in [4.78, 5) is 31.7. The van der Waals surface area contributed by atoms with Crippen molar-refractivity contribution in [2.75, 3.05) is 11.5 Å². The third kappa shape index (κ3) is 3.18. The maximum atomic E-state index is 13.3. The fraction of sp³-hybridized carbons (Fsp3) is 0.0870. The van der Waals surface area contributed by atoms with Crippen LogP contribution in [0.2, 0.25) is 0 Å². The minimum absolute atomic E-state index is 0.340. The molecule has 1 aromatic heterocycles. The van der Waals surface area contributed by atoms with E-state index in [-0.39, 0.29) is 11.8 Å². The smallest absolute Gasteiger partial charge is 0.265 e. The Morgan fingerprint density at radius 3 is 2.36 bits per heavy atom. The first-order valence-electron chi connectivity index (χ1n) is 9.02. The Kier molecular flexibility index (Phi) is 4.72. The third-order valence-electron chi connectivity index (χ3n) is 4.49. The molecule has 0 saturated heterocycles. The normalized spacial score (nSPS) is 14.9. The highest BCUT2D eigenvalue weighted by Crippen LogP contribution is 2.33. The summed E-state index contributed by atoms with van der Waals surface area (Å²) in [5.74, 6) is -0.0144. The lowest BCUT2D eigenvalue weighted by Crippen LogP contribution is -2.41. The topological polar surface area (TPSA) is 59.5 Å². The maximum Gasteiger partial charge on any atom is 0.265 e. The fourth-order valence-electron chi connectivity index (χ4n) is 3.21. The van der Waals surface area contributed by atoms with Crippen LogP contribution in [0.3, 0.4) is 0 Å². The van der Waals surface area contributed by atoms with Crippen LogP contribution in [-0.4, -0.2) is 23.4 Å². The molecule has 0 fully saturated rings. The molecule has 0 atom stereocenters. The summed E-state index contributed by atoms with van der Waals surface area (Å²) < 4.78 is 5.45. The molecule has 138 valence electrons. The number of fused-ring (bicyclic) bond motifs is 1. The molecule has 0 bridgehead atoms. The number of nitrogens with zero attached hydrogens (tertiary/aromatic N) is 2. The standard InChI is InChI=1S/C23H18N2O3/c1-2-28-18-11-9-17(10-12-18)25-22(26)20-8-4-3-7-19(20)21(23(25)27)14-16-6-5-13-24-15-16/h3-15H,2H2,1H3/b21-14-. The first kappa shape index (κ1) is 17.7. The van der Waals surface area contributed by atoms with Crippen LogP contribution in [0.25, 0.3) is 11.6 Å². The minimum atomic E-state index is -0.364. The van der Waals surface area contributed by atoms with Crippen molar-refractivity contribution in [1.82, 2.24) is 4.98 Å². The van der Waals surface area contributed by atoms with E-state index in [1.54, 1.807) is 67.0 Å². The molecule has 1 aliphatic rings. The van der Waals surface area contributed by atoms with Gasteiger partial charge in [0.2, 0.25) is 0 Å². The van der Waals surface area contributed by atoms with Crippen molar-refractivity contribution in [3.8, 4) is 5.75 Å². The summed E-state index contributed by atoms with van der Waals surface area (Å²) in [6.45, 7) is 2.45. The van der Waals surface area contributed by atoms with E-state index in [1.165, 1.54) is 4.90 Å². The summed E-state index contributed by atoms with van der Waals surface area (Å²) >= 11 is 0. The van der Waals surface area contributed by atoms with Gasteiger partial charge in [-0.1, -0.05) is 24.3 Å². The van der Waals surface area contributed by atoms with Gasteiger partial charge in [-0.25, -0.2) is 4.90 Å². The maximum absolute atomic E-state index is 13.3. The van der Waals surface area contributed by atoms with Crippen LogP contribution in [-0.2, 0) is 4.79 Å². The van der Waals surface area contributed by atoms with Gasteiger partial charge in [0.1, 0.15) is 5.75 Å². The minimum Gasteiger partial charge on any atom is -0.494 e. The second-order valence-corrected chi connectivity index (χ2v) is 6.26. The van der Waals surface area contributed by atoms with Gasteiger partial charge in [0.05, 0.1) is 12.3 Å². The van der Waals surface area contributed by atoms with Gasteiger partial charge in [-0.15, -0.1) is 0 Å². The van der Waals surface area contributed by atoms with E-state index in [0.29, 0.717) is 34.7 Å². The van der Waals surface area contributed by atoms with Gasteiger partial charge in [-0.3, -0.25) is 14.6 Å². The molecule has 4 rings (SSSR count). The van der Waals surface area contributed by atoms with E-state index in [0.717, 1.165) is 5.56 Å². The SMILES string of the molecule is CCOc1ccc(N2C(=O)/C(=C\c3cccnc3)c3ccccc3C2=O)cc1. The van der Waals surface area contributed by atoms with Gasteiger partial charge in [-0.05, 0) is 60.5 Å². The van der Waals surface area contributed by atoms with E-state index in [9.17, 15) is 9.59 Å². The molecule has 2 amide bonds. The van der Waals surface area contributed by atoms with Crippen LogP contribution in [0.4, 0.5) is 5.69 Å². The predicted octanol–water partition coefficient (Wildman–Crippen LogP) is 4.21. The summed E-state index contributed by atoms with van der Waals surface area (Å²) in [5, 5.41) is 0. The molecule has 0 unspecified atom stereocenters. The molecule has 0 spiro atoms. The number of ether oxygens (including phenoxy) is 1. The Labute approximate surface area is 162 Å². The number of hydrogen-bond donors (Lipinski definition) is 0. The van der Waals surface area contributed by atoms with Crippen molar-refractivity contribution >= 4 is 29.2 Å². The quantitative estimate of drug-likeness (QED) is 0.510. The van der Waals surface area contributed by atoms with E-state index < -0.39 is 0 Å². The molecule has 2 aromatic carbocycles. The van der Waals surface area contributed by atoms with Crippen LogP contribution in [0.5, 0.6) is 5.75 Å². The van der Waals surface area contributed by atoms with Gasteiger partial charge >= 0.3 is 0 Å². The molecular weight excluding hydrogens is 352 g/mol. The first-order valence-corrected chi connectivity index (χ1v) is 9.02. The van der Waals surface area contributed by atoms with Crippen molar-refractivity contribution in [2.45, 2.75) is 6.92 Å². The van der Waals surface area contributed by atoms with Crippen molar-refractivity contribution < 1.29 is 14.3 Å². The lowest BCUT2D eigenvalue weighted by Gasteiger charge is -2.28. The van der Waals surface area contributed by atoms with Gasteiger partial charge in [0.15, 0.2) is 0 Å². The van der Waals surface area contributed by atoms with E-state index >= 15 is 0 Å². The van der Waals surface area contributed by atoms with E-state index in [2.05, 4.69) is 4.98 Å². The Hall–Kier alpha value is -3.73. The molecule has 5 nitrogen and oxygen atoms in total. The van der Waals surface area contributed by atoms with Crippen LogP contribution in [0.1, 0.15) is 28.4 Å². The third-order valence-corrected chi connectivity index (χ3v) is 4.49. The van der Waals surface area contributed by atoms with Crippen LogP contribution < -0.4 is 9.64 Å². The number of amides is 2. The van der Waals surface area contributed by atoms with Gasteiger partial charge < -0.3 is 4.74 Å². The molecule has 0 saturated carbocycles. The highest BCUT2D eigenvalue weighted by Gasteiger charge is 2.35. The number of rotatable bonds is 4. The molecular formula is C23H18N2O3. The Balaban J connectivity index is 1.82. The lowest BCUT2D eigenvalue weighted by molar-refractivity contribution is -0.112.